The van der Waals surface area contributed by atoms with Crippen LogP contribution in [0.2, 0.25) is 0 Å². The molecule has 2 heterocycles. The summed E-state index contributed by atoms with van der Waals surface area (Å²) in [6.45, 7) is -1.70. The van der Waals surface area contributed by atoms with Gasteiger partial charge < -0.3 is 9.64 Å². The van der Waals surface area contributed by atoms with Crippen LogP contribution in [0.1, 0.15) is 21.9 Å². The smallest absolute Gasteiger partial charge is 0.406 e. The Bertz CT molecular complexity index is 1230. The molecular weight excluding hydrogens is 483 g/mol. The number of ether oxygens (including phenoxy) is 1. The van der Waals surface area contributed by atoms with E-state index in [0.717, 1.165) is 28.6 Å². The number of hydrogen-bond acceptors (Lipinski definition) is 7. The molecule has 8 nitrogen and oxygen atoms in total. The van der Waals surface area contributed by atoms with Gasteiger partial charge in [-0.1, -0.05) is 0 Å². The molecule has 0 saturated carbocycles. The second-order valence-electron chi connectivity index (χ2n) is 7.18. The Balaban J connectivity index is 2.12. The van der Waals surface area contributed by atoms with Crippen LogP contribution < -0.4 is 9.64 Å². The van der Waals surface area contributed by atoms with Gasteiger partial charge in [0.2, 0.25) is 5.91 Å². The lowest BCUT2D eigenvalue weighted by Gasteiger charge is -2.28. The molecule has 0 radical (unpaired) electrons. The van der Waals surface area contributed by atoms with E-state index in [1.807, 2.05) is 0 Å². The minimum absolute atomic E-state index is 0.0396. The van der Waals surface area contributed by atoms with Gasteiger partial charge in [0.25, 0.3) is 5.91 Å². The fourth-order valence-corrected chi connectivity index (χ4v) is 4.62. The molecule has 3 rings (SSSR count). The van der Waals surface area contributed by atoms with Crippen LogP contribution in [-0.4, -0.2) is 68.8 Å². The van der Waals surface area contributed by atoms with Crippen LogP contribution in [0.15, 0.2) is 28.5 Å². The number of sulfone groups is 1. The Kier molecular flexibility index (Phi) is 6.71. The normalized spacial score (nSPS) is 16.5. The van der Waals surface area contributed by atoms with Gasteiger partial charge in [-0.05, 0) is 24.5 Å². The quantitative estimate of drug-likeness (QED) is 0.564. The number of amides is 2. The Morgan fingerprint density at radius 3 is 2.64 bits per heavy atom. The summed E-state index contributed by atoms with van der Waals surface area (Å²) in [5, 5.41) is 1.55. The highest BCUT2D eigenvalue weighted by Crippen LogP contribution is 2.33. The Morgan fingerprint density at radius 1 is 1.39 bits per heavy atom. The van der Waals surface area contributed by atoms with Crippen molar-refractivity contribution in [3.05, 3.63) is 34.3 Å². The number of benzene rings is 1. The van der Waals surface area contributed by atoms with Crippen LogP contribution >= 0.6 is 11.3 Å². The second kappa shape index (κ2) is 9.03. The largest absolute Gasteiger partial charge is 0.497 e. The van der Waals surface area contributed by atoms with Gasteiger partial charge >= 0.3 is 6.18 Å². The van der Waals surface area contributed by atoms with Crippen LogP contribution in [0.3, 0.4) is 0 Å². The van der Waals surface area contributed by atoms with E-state index in [9.17, 15) is 31.2 Å². The maximum atomic E-state index is 13.4. The summed E-state index contributed by atoms with van der Waals surface area (Å²) in [4.78, 5) is 31.6. The van der Waals surface area contributed by atoms with Crippen LogP contribution in [0.25, 0.3) is 0 Å². The van der Waals surface area contributed by atoms with E-state index < -0.39 is 40.4 Å². The van der Waals surface area contributed by atoms with E-state index >= 15 is 0 Å². The number of methoxy groups -OCH3 is 1. The lowest BCUT2D eigenvalue weighted by atomic mass is 10.1. The van der Waals surface area contributed by atoms with E-state index in [1.165, 1.54) is 24.6 Å². The molecule has 33 heavy (non-hydrogen) atoms. The van der Waals surface area contributed by atoms with Crippen LogP contribution in [-0.2, 0) is 14.6 Å². The molecule has 176 valence electrons. The van der Waals surface area contributed by atoms with Crippen LogP contribution in [0, 0.1) is 12.3 Å². The molecule has 0 bridgehead atoms. The molecular formula is C20H18F3N3O5S2. The van der Waals surface area contributed by atoms with Crippen molar-refractivity contribution >= 4 is 38.7 Å². The highest BCUT2D eigenvalue weighted by molar-refractivity contribution is 7.90. The average Bonchev–Trinajstić information content (AvgIpc) is 3.34. The fourth-order valence-electron chi connectivity index (χ4n) is 3.36. The van der Waals surface area contributed by atoms with Crippen molar-refractivity contribution < 1.29 is 35.9 Å². The molecule has 1 unspecified atom stereocenters. The van der Waals surface area contributed by atoms with Gasteiger partial charge in [-0.3, -0.25) is 14.5 Å². The summed E-state index contributed by atoms with van der Waals surface area (Å²) in [6.07, 6.45) is 1.53. The predicted octanol–water partition coefficient (Wildman–Crippen LogP) is 2.35. The molecule has 1 atom stereocenters. The number of anilines is 1. The number of aromatic nitrogens is 1. The number of carbonyl (C=O) groups excluding carboxylic acids is 2. The minimum Gasteiger partial charge on any atom is -0.497 e. The third kappa shape index (κ3) is 5.45. The van der Waals surface area contributed by atoms with Crippen LogP contribution in [0.4, 0.5) is 18.9 Å². The highest BCUT2D eigenvalue weighted by Gasteiger charge is 2.44. The molecule has 13 heteroatoms. The monoisotopic (exact) mass is 501 g/mol. The van der Waals surface area contributed by atoms with E-state index in [4.69, 9.17) is 11.2 Å². The molecule has 0 aliphatic carbocycles. The molecule has 1 fully saturated rings. The summed E-state index contributed by atoms with van der Waals surface area (Å²) in [6, 6.07) is 2.40. The van der Waals surface area contributed by atoms with E-state index in [1.54, 1.807) is 0 Å². The van der Waals surface area contributed by atoms with Gasteiger partial charge in [-0.2, -0.15) is 13.2 Å². The maximum Gasteiger partial charge on any atom is 0.406 e. The Hall–Kier alpha value is -3.11. The molecule has 0 spiro atoms. The first-order valence-electron chi connectivity index (χ1n) is 9.34. The summed E-state index contributed by atoms with van der Waals surface area (Å²) in [5.74, 6) is 0.619. The van der Waals surface area contributed by atoms with E-state index in [2.05, 4.69) is 10.9 Å². The maximum absolute atomic E-state index is 13.4. The number of carbonyl (C=O) groups is 2. The first kappa shape index (κ1) is 24.5. The summed E-state index contributed by atoms with van der Waals surface area (Å²) < 4.78 is 68.1. The van der Waals surface area contributed by atoms with Gasteiger partial charge in [-0.15, -0.1) is 17.8 Å². The van der Waals surface area contributed by atoms with Crippen molar-refractivity contribution in [1.29, 1.82) is 0 Å². The van der Waals surface area contributed by atoms with Crippen molar-refractivity contribution in [3.8, 4) is 18.1 Å². The van der Waals surface area contributed by atoms with Crippen molar-refractivity contribution in [2.45, 2.75) is 23.5 Å². The number of nitrogens with zero attached hydrogens (tertiary/aromatic N) is 3. The minimum atomic E-state index is -4.62. The van der Waals surface area contributed by atoms with Gasteiger partial charge in [0, 0.05) is 29.9 Å². The first-order valence-corrected chi connectivity index (χ1v) is 12.1. The molecule has 0 N–H and O–H groups in total. The third-order valence-electron chi connectivity index (χ3n) is 4.82. The van der Waals surface area contributed by atoms with Crippen molar-refractivity contribution in [2.75, 3.05) is 31.4 Å². The molecule has 2 aromatic rings. The molecule has 1 aromatic carbocycles. The van der Waals surface area contributed by atoms with Crippen molar-refractivity contribution in [1.82, 2.24) is 9.88 Å². The Morgan fingerprint density at radius 2 is 2.09 bits per heavy atom. The molecule has 1 aliphatic rings. The average molecular weight is 502 g/mol. The predicted molar refractivity (Wildman–Crippen MR) is 114 cm³/mol. The topological polar surface area (TPSA) is 96.9 Å². The molecule has 1 aromatic heterocycles. The molecule has 1 aliphatic heterocycles. The number of terminal acetylenes is 1. The first-order chi connectivity index (χ1) is 15.3. The summed E-state index contributed by atoms with van der Waals surface area (Å²) >= 11 is 0.998. The summed E-state index contributed by atoms with van der Waals surface area (Å²) in [7, 11) is -2.48. The lowest BCUT2D eigenvalue weighted by Crippen LogP contribution is -2.47. The summed E-state index contributed by atoms with van der Waals surface area (Å²) in [5.41, 5.74) is -0.166. The van der Waals surface area contributed by atoms with E-state index in [0.29, 0.717) is 4.90 Å². The zero-order valence-electron chi connectivity index (χ0n) is 17.4. The number of halogens is 3. The van der Waals surface area contributed by atoms with Gasteiger partial charge in [0.1, 0.15) is 24.0 Å². The Labute approximate surface area is 191 Å². The van der Waals surface area contributed by atoms with Crippen LogP contribution in [0.5, 0.6) is 5.75 Å². The molecule has 2 amide bonds. The van der Waals surface area contributed by atoms with Crippen molar-refractivity contribution in [3.63, 3.8) is 0 Å². The number of alkyl halides is 3. The lowest BCUT2D eigenvalue weighted by molar-refractivity contribution is -0.157. The number of rotatable bonds is 6. The third-order valence-corrected chi connectivity index (χ3v) is 6.69. The zero-order valence-corrected chi connectivity index (χ0v) is 19.1. The molecule has 1 saturated heterocycles. The van der Waals surface area contributed by atoms with Gasteiger partial charge in [0.15, 0.2) is 14.8 Å². The second-order valence-corrected chi connectivity index (χ2v) is 10.0. The number of hydrogen-bond donors (Lipinski definition) is 0. The number of thiazole rings is 1. The SMILES string of the molecule is C#Cc1nc(C(=O)N(c2cc(OC)cc(S(C)(=O)=O)c2)C2CCN(CC(F)(F)F)C2=O)cs1. The van der Waals surface area contributed by atoms with E-state index in [-0.39, 0.29) is 40.0 Å². The standard InChI is InChI=1S/C20H18F3N3O5S2/c1-4-17-24-15(10-32-17)18(27)26(16-5-6-25(19(16)28)11-20(21,22)23)12-7-13(31-2)9-14(8-12)33(3,29)30/h1,7-10,16H,5-6,11H2,2-3H3. The fraction of sp³-hybridized carbons (Fsp3) is 0.350. The number of likely N-dealkylation sites (tertiary alicyclic amines) is 1. The van der Waals surface area contributed by atoms with Gasteiger partial charge in [0.05, 0.1) is 12.0 Å². The van der Waals surface area contributed by atoms with Gasteiger partial charge in [-0.25, -0.2) is 13.4 Å². The zero-order chi connectivity index (χ0) is 24.6. The van der Waals surface area contributed by atoms with Crippen molar-refractivity contribution in [2.24, 2.45) is 0 Å². The highest BCUT2D eigenvalue weighted by atomic mass is 32.2.